The highest BCUT2D eigenvalue weighted by atomic mass is 32.2. The van der Waals surface area contributed by atoms with Crippen molar-refractivity contribution < 1.29 is 8.42 Å². The summed E-state index contributed by atoms with van der Waals surface area (Å²) in [5.41, 5.74) is 1.14. The van der Waals surface area contributed by atoms with Crippen molar-refractivity contribution in [2.75, 3.05) is 0 Å². The fraction of sp³-hybridized carbons (Fsp3) is 0.538. The summed E-state index contributed by atoms with van der Waals surface area (Å²) in [6, 6.07) is 7.04. The van der Waals surface area contributed by atoms with Crippen LogP contribution in [0.25, 0.3) is 0 Å². The number of benzene rings is 1. The summed E-state index contributed by atoms with van der Waals surface area (Å²) in [4.78, 5) is 0.345. The third-order valence-corrected chi connectivity index (χ3v) is 4.33. The van der Waals surface area contributed by atoms with Gasteiger partial charge in [-0.2, -0.15) is 0 Å². The zero-order valence-corrected chi connectivity index (χ0v) is 11.5. The summed E-state index contributed by atoms with van der Waals surface area (Å²) < 4.78 is 26.7. The molecule has 17 heavy (non-hydrogen) atoms. The van der Waals surface area contributed by atoms with Crippen LogP contribution in [0.5, 0.6) is 0 Å². The zero-order chi connectivity index (χ0) is 12.9. The molecule has 1 N–H and O–H groups in total. The first-order valence-electron chi connectivity index (χ1n) is 6.10. The Morgan fingerprint density at radius 3 is 2.24 bits per heavy atom. The molecule has 0 fully saturated rings. The van der Waals surface area contributed by atoms with Crippen LogP contribution in [-0.4, -0.2) is 14.5 Å². The van der Waals surface area contributed by atoms with Gasteiger partial charge in [0, 0.05) is 6.04 Å². The van der Waals surface area contributed by atoms with Crippen molar-refractivity contribution in [1.29, 1.82) is 0 Å². The van der Waals surface area contributed by atoms with Gasteiger partial charge in [0.1, 0.15) is 0 Å². The van der Waals surface area contributed by atoms with Gasteiger partial charge in [0.2, 0.25) is 10.0 Å². The van der Waals surface area contributed by atoms with Gasteiger partial charge in [-0.1, -0.05) is 32.4 Å². The highest BCUT2D eigenvalue weighted by Crippen LogP contribution is 2.12. The summed E-state index contributed by atoms with van der Waals surface area (Å²) in [6.07, 6.45) is 2.74. The molecule has 0 aliphatic heterocycles. The third kappa shape index (κ3) is 4.13. The summed E-state index contributed by atoms with van der Waals surface area (Å²) >= 11 is 0. The Morgan fingerprint density at radius 1 is 1.18 bits per heavy atom. The van der Waals surface area contributed by atoms with Gasteiger partial charge < -0.3 is 0 Å². The van der Waals surface area contributed by atoms with Crippen molar-refractivity contribution in [2.45, 2.75) is 51.0 Å². The lowest BCUT2D eigenvalue weighted by molar-refractivity contribution is 0.544. The molecular weight excluding hydrogens is 234 g/mol. The molecule has 0 radical (unpaired) electrons. The Bertz CT molecular complexity index is 437. The number of hydrogen-bond acceptors (Lipinski definition) is 2. The molecule has 0 aromatic heterocycles. The number of rotatable bonds is 6. The molecule has 1 aromatic rings. The van der Waals surface area contributed by atoms with Gasteiger partial charge >= 0.3 is 0 Å². The van der Waals surface area contributed by atoms with Crippen LogP contribution in [0.15, 0.2) is 29.2 Å². The number of hydrogen-bond donors (Lipinski definition) is 1. The Kier molecular flexibility index (Phi) is 5.15. The number of nitrogens with one attached hydrogen (secondary N) is 1. The van der Waals surface area contributed by atoms with Crippen molar-refractivity contribution in [1.82, 2.24) is 4.72 Å². The lowest BCUT2D eigenvalue weighted by Crippen LogP contribution is -2.32. The van der Waals surface area contributed by atoms with Gasteiger partial charge in [0.25, 0.3) is 0 Å². The van der Waals surface area contributed by atoms with Gasteiger partial charge in [-0.05, 0) is 37.5 Å². The van der Waals surface area contributed by atoms with E-state index in [9.17, 15) is 8.42 Å². The topological polar surface area (TPSA) is 46.2 Å². The molecule has 0 aliphatic carbocycles. The van der Waals surface area contributed by atoms with E-state index in [1.807, 2.05) is 32.9 Å². The van der Waals surface area contributed by atoms with Gasteiger partial charge in [-0.3, -0.25) is 0 Å². The molecule has 3 nitrogen and oxygen atoms in total. The van der Waals surface area contributed by atoms with Gasteiger partial charge in [0.15, 0.2) is 0 Å². The van der Waals surface area contributed by atoms with Crippen LogP contribution < -0.4 is 4.72 Å². The lowest BCUT2D eigenvalue weighted by atomic mass is 10.2. The third-order valence-electron chi connectivity index (χ3n) is 2.72. The van der Waals surface area contributed by atoms with Crippen molar-refractivity contribution in [3.05, 3.63) is 29.8 Å². The summed E-state index contributed by atoms with van der Waals surface area (Å²) in [7, 11) is -3.36. The molecule has 0 saturated carbocycles. The maximum absolute atomic E-state index is 12.0. The van der Waals surface area contributed by atoms with Crippen LogP contribution in [0.3, 0.4) is 0 Å². The first kappa shape index (κ1) is 14.2. The smallest absolute Gasteiger partial charge is 0.208 e. The maximum atomic E-state index is 12.0. The van der Waals surface area contributed by atoms with Gasteiger partial charge in [-0.15, -0.1) is 0 Å². The minimum Gasteiger partial charge on any atom is -0.208 e. The van der Waals surface area contributed by atoms with E-state index in [1.54, 1.807) is 12.1 Å². The Labute approximate surface area is 104 Å². The molecule has 0 bridgehead atoms. The van der Waals surface area contributed by atoms with Crippen LogP contribution in [0.4, 0.5) is 0 Å². The molecule has 0 spiro atoms. The Balaban J connectivity index is 2.82. The average molecular weight is 255 g/mol. The molecule has 1 atom stereocenters. The Morgan fingerprint density at radius 2 is 1.76 bits per heavy atom. The monoisotopic (exact) mass is 255 g/mol. The summed E-state index contributed by atoms with van der Waals surface area (Å²) in [5, 5.41) is 0. The van der Waals surface area contributed by atoms with E-state index in [0.717, 1.165) is 24.8 Å². The van der Waals surface area contributed by atoms with Crippen LogP contribution >= 0.6 is 0 Å². The lowest BCUT2D eigenvalue weighted by Gasteiger charge is -2.13. The quantitative estimate of drug-likeness (QED) is 0.849. The van der Waals surface area contributed by atoms with E-state index in [-0.39, 0.29) is 6.04 Å². The number of aryl methyl sites for hydroxylation is 1. The minimum atomic E-state index is -3.36. The molecule has 1 unspecified atom stereocenters. The van der Waals surface area contributed by atoms with Crippen molar-refractivity contribution in [3.8, 4) is 0 Å². The molecule has 96 valence electrons. The van der Waals surface area contributed by atoms with Crippen molar-refractivity contribution in [2.24, 2.45) is 0 Å². The van der Waals surface area contributed by atoms with E-state index in [4.69, 9.17) is 0 Å². The predicted molar refractivity (Wildman–Crippen MR) is 70.5 cm³/mol. The molecule has 0 aliphatic rings. The van der Waals surface area contributed by atoms with E-state index in [2.05, 4.69) is 4.72 Å². The summed E-state index contributed by atoms with van der Waals surface area (Å²) in [5.74, 6) is 0. The predicted octanol–water partition coefficient (Wildman–Crippen LogP) is 2.72. The fourth-order valence-electron chi connectivity index (χ4n) is 1.73. The molecule has 0 heterocycles. The van der Waals surface area contributed by atoms with Crippen LogP contribution in [0.1, 0.15) is 39.2 Å². The first-order chi connectivity index (χ1) is 7.99. The average Bonchev–Trinajstić information content (AvgIpc) is 2.28. The van der Waals surface area contributed by atoms with E-state index in [1.165, 1.54) is 0 Å². The normalized spacial score (nSPS) is 13.6. The largest absolute Gasteiger partial charge is 0.240 e. The van der Waals surface area contributed by atoms with Crippen LogP contribution in [0, 0.1) is 0 Å². The van der Waals surface area contributed by atoms with Crippen LogP contribution in [-0.2, 0) is 16.4 Å². The van der Waals surface area contributed by atoms with E-state index >= 15 is 0 Å². The molecule has 0 saturated heterocycles. The highest BCUT2D eigenvalue weighted by Gasteiger charge is 2.16. The molecule has 1 rings (SSSR count). The standard InChI is InChI=1S/C13H21NO2S/c1-4-6-11(3)14-17(15,16)13-9-7-12(5-2)8-10-13/h7-11,14H,4-6H2,1-3H3. The van der Waals surface area contributed by atoms with Crippen molar-refractivity contribution >= 4 is 10.0 Å². The highest BCUT2D eigenvalue weighted by molar-refractivity contribution is 7.89. The van der Waals surface area contributed by atoms with Gasteiger partial charge in [0.05, 0.1) is 4.90 Å². The first-order valence-corrected chi connectivity index (χ1v) is 7.59. The zero-order valence-electron chi connectivity index (χ0n) is 10.7. The fourth-order valence-corrected chi connectivity index (χ4v) is 3.01. The molecular formula is C13H21NO2S. The van der Waals surface area contributed by atoms with Gasteiger partial charge in [-0.25, -0.2) is 13.1 Å². The van der Waals surface area contributed by atoms with Crippen LogP contribution in [0.2, 0.25) is 0 Å². The second-order valence-electron chi connectivity index (χ2n) is 4.31. The molecule has 4 heteroatoms. The second kappa shape index (κ2) is 6.17. The Hall–Kier alpha value is -0.870. The SMILES string of the molecule is CCCC(C)NS(=O)(=O)c1ccc(CC)cc1. The van der Waals surface area contributed by atoms with E-state index in [0.29, 0.717) is 4.90 Å². The molecule has 0 amide bonds. The van der Waals surface area contributed by atoms with E-state index < -0.39 is 10.0 Å². The van der Waals surface area contributed by atoms with Crippen molar-refractivity contribution in [3.63, 3.8) is 0 Å². The maximum Gasteiger partial charge on any atom is 0.240 e. The minimum absolute atomic E-state index is 0.0177. The molecule has 1 aromatic carbocycles. The number of sulfonamides is 1. The summed E-state index contributed by atoms with van der Waals surface area (Å²) in [6.45, 7) is 5.98. The second-order valence-corrected chi connectivity index (χ2v) is 6.02.